The minimum absolute atomic E-state index is 0.773. The van der Waals surface area contributed by atoms with Crippen LogP contribution in [-0.4, -0.2) is 66.7 Å². The first-order valence-corrected chi connectivity index (χ1v) is 8.61. The summed E-state index contributed by atoms with van der Waals surface area (Å²) in [5.74, 6) is 0. The second-order valence-electron chi connectivity index (χ2n) is 5.48. The summed E-state index contributed by atoms with van der Waals surface area (Å²) in [5, 5.41) is 10.9. The summed E-state index contributed by atoms with van der Waals surface area (Å²) in [6, 6.07) is 8.00. The van der Waals surface area contributed by atoms with Gasteiger partial charge in [-0.1, -0.05) is 17.7 Å². The smallest absolute Gasteiger partial charge is 0.193 e. The molecule has 2 heterocycles. The van der Waals surface area contributed by atoms with Gasteiger partial charge < -0.3 is 14.7 Å². The molecule has 0 atom stereocenters. The highest BCUT2D eigenvalue weighted by molar-refractivity contribution is 8.26. The van der Waals surface area contributed by atoms with Crippen LogP contribution in [0.25, 0.3) is 0 Å². The van der Waals surface area contributed by atoms with Crippen molar-refractivity contribution in [3.05, 3.63) is 29.3 Å². The molecule has 122 valence electrons. The predicted octanol–water partition coefficient (Wildman–Crippen LogP) is 2.43. The molecule has 1 saturated heterocycles. The zero-order valence-electron chi connectivity index (χ0n) is 13.2. The molecule has 0 amide bonds. The molecule has 0 aromatic heterocycles. The Hall–Kier alpha value is -1.73. The number of piperazine rings is 1. The summed E-state index contributed by atoms with van der Waals surface area (Å²) in [6.45, 7) is 3.65. The highest BCUT2D eigenvalue weighted by Crippen LogP contribution is 2.22. The van der Waals surface area contributed by atoms with E-state index in [1.54, 1.807) is 11.8 Å². The molecule has 6 nitrogen and oxygen atoms in total. The molecular formula is C15H19ClN6S. The maximum Gasteiger partial charge on any atom is 0.193 e. The van der Waals surface area contributed by atoms with E-state index in [-0.39, 0.29) is 0 Å². The van der Waals surface area contributed by atoms with E-state index in [1.807, 2.05) is 37.2 Å². The monoisotopic (exact) mass is 350 g/mol. The van der Waals surface area contributed by atoms with Crippen LogP contribution in [0.5, 0.6) is 0 Å². The molecule has 0 aliphatic carbocycles. The van der Waals surface area contributed by atoms with Crippen molar-refractivity contribution >= 4 is 45.7 Å². The third kappa shape index (κ3) is 3.97. The van der Waals surface area contributed by atoms with Gasteiger partial charge in [0.2, 0.25) is 0 Å². The lowest BCUT2D eigenvalue weighted by Gasteiger charge is -2.37. The van der Waals surface area contributed by atoms with Gasteiger partial charge in [-0.15, -0.1) is 10.2 Å². The number of rotatable bonds is 1. The van der Waals surface area contributed by atoms with E-state index in [2.05, 4.69) is 31.1 Å². The zero-order valence-corrected chi connectivity index (χ0v) is 14.8. The largest absolute Gasteiger partial charge is 0.368 e. The summed E-state index contributed by atoms with van der Waals surface area (Å²) in [6.07, 6.45) is 1.50. The third-order valence-electron chi connectivity index (χ3n) is 3.65. The highest BCUT2D eigenvalue weighted by atomic mass is 35.5. The van der Waals surface area contributed by atoms with E-state index in [4.69, 9.17) is 11.6 Å². The molecule has 0 spiro atoms. The van der Waals surface area contributed by atoms with Crippen molar-refractivity contribution in [1.29, 1.82) is 0 Å². The van der Waals surface area contributed by atoms with Crippen LogP contribution in [0.2, 0.25) is 5.02 Å². The summed E-state index contributed by atoms with van der Waals surface area (Å²) in [4.78, 5) is 10.9. The molecule has 1 fully saturated rings. The normalized spacial score (nSPS) is 18.4. The van der Waals surface area contributed by atoms with Gasteiger partial charge in [-0.25, -0.2) is 4.99 Å². The Morgan fingerprint density at radius 1 is 1.13 bits per heavy atom. The molecule has 0 radical (unpaired) electrons. The van der Waals surface area contributed by atoms with Gasteiger partial charge in [0.15, 0.2) is 10.3 Å². The molecule has 3 rings (SSSR count). The third-order valence-corrected chi connectivity index (χ3v) is 5.06. The van der Waals surface area contributed by atoms with Crippen molar-refractivity contribution in [2.24, 2.45) is 15.2 Å². The number of hydrogen-bond donors (Lipinski definition) is 0. The Bertz CT molecular complexity index is 649. The van der Waals surface area contributed by atoms with Crippen molar-refractivity contribution in [1.82, 2.24) is 9.80 Å². The van der Waals surface area contributed by atoms with E-state index in [1.165, 1.54) is 12.0 Å². The quantitative estimate of drug-likeness (QED) is 0.780. The molecule has 23 heavy (non-hydrogen) atoms. The Morgan fingerprint density at radius 3 is 2.57 bits per heavy atom. The topological polar surface area (TPSA) is 46.8 Å². The maximum absolute atomic E-state index is 6.09. The van der Waals surface area contributed by atoms with Crippen LogP contribution in [0, 0.1) is 0 Å². The average Bonchev–Trinajstić information content (AvgIpc) is 2.81. The summed E-state index contributed by atoms with van der Waals surface area (Å²) >= 11 is 7.64. The van der Waals surface area contributed by atoms with Gasteiger partial charge in [-0.05, 0) is 30.0 Å². The number of thioether (sulfide) groups is 1. The summed E-state index contributed by atoms with van der Waals surface area (Å²) in [7, 11) is 3.94. The van der Waals surface area contributed by atoms with Crippen molar-refractivity contribution in [2.75, 3.05) is 45.2 Å². The van der Waals surface area contributed by atoms with E-state index in [9.17, 15) is 0 Å². The Balaban J connectivity index is 1.64. The molecular weight excluding hydrogens is 332 g/mol. The second kappa shape index (κ2) is 7.23. The van der Waals surface area contributed by atoms with Crippen molar-refractivity contribution < 1.29 is 0 Å². The lowest BCUT2D eigenvalue weighted by Crippen LogP contribution is -2.48. The van der Waals surface area contributed by atoms with Crippen LogP contribution in [0.4, 0.5) is 5.69 Å². The van der Waals surface area contributed by atoms with E-state index < -0.39 is 0 Å². The van der Waals surface area contributed by atoms with Gasteiger partial charge in [0.1, 0.15) is 6.34 Å². The van der Waals surface area contributed by atoms with Gasteiger partial charge in [0.25, 0.3) is 0 Å². The van der Waals surface area contributed by atoms with Crippen LogP contribution in [0.15, 0.2) is 39.5 Å². The van der Waals surface area contributed by atoms with Crippen LogP contribution in [-0.2, 0) is 0 Å². The van der Waals surface area contributed by atoms with Crippen molar-refractivity contribution in [2.45, 2.75) is 0 Å². The van der Waals surface area contributed by atoms with Gasteiger partial charge in [0.05, 0.1) is 0 Å². The number of anilines is 1. The fraction of sp³-hybridized carbons (Fsp3) is 0.400. The minimum Gasteiger partial charge on any atom is -0.368 e. The highest BCUT2D eigenvalue weighted by Gasteiger charge is 2.23. The summed E-state index contributed by atoms with van der Waals surface area (Å²) < 4.78 is 0. The number of nitrogens with zero attached hydrogens (tertiary/aromatic N) is 6. The molecule has 0 bridgehead atoms. The molecule has 2 aliphatic heterocycles. The maximum atomic E-state index is 6.09. The predicted molar refractivity (Wildman–Crippen MR) is 99.9 cm³/mol. The van der Waals surface area contributed by atoms with Gasteiger partial charge in [-0.3, -0.25) is 0 Å². The van der Waals surface area contributed by atoms with Crippen molar-refractivity contribution in [3.63, 3.8) is 0 Å². The molecule has 8 heteroatoms. The average molecular weight is 351 g/mol. The van der Waals surface area contributed by atoms with Gasteiger partial charge in [0, 0.05) is 51.0 Å². The summed E-state index contributed by atoms with van der Waals surface area (Å²) in [5.41, 5.74) is 1.17. The van der Waals surface area contributed by atoms with Crippen LogP contribution >= 0.6 is 23.4 Å². The first kappa shape index (κ1) is 16.1. The number of amidine groups is 2. The van der Waals surface area contributed by atoms with Crippen LogP contribution in [0.3, 0.4) is 0 Å². The van der Waals surface area contributed by atoms with E-state index >= 15 is 0 Å². The fourth-order valence-corrected chi connectivity index (χ4v) is 3.47. The molecule has 0 unspecified atom stereocenters. The fourth-order valence-electron chi connectivity index (χ4n) is 2.44. The minimum atomic E-state index is 0.773. The van der Waals surface area contributed by atoms with Crippen molar-refractivity contribution in [3.8, 4) is 0 Å². The van der Waals surface area contributed by atoms with Crippen LogP contribution < -0.4 is 4.90 Å². The number of benzene rings is 1. The number of halogens is 1. The standard InChI is InChI=1S/C15H19ClN6S/c1-20(2)14-17-11-18-19-15(23-14)22-8-6-21(7-9-22)13-5-3-4-12(16)10-13/h3-5,10-11H,6-9H2,1-2H3. The second-order valence-corrected chi connectivity index (χ2v) is 6.85. The Kier molecular flexibility index (Phi) is 5.07. The Morgan fingerprint density at radius 2 is 1.87 bits per heavy atom. The first-order chi connectivity index (χ1) is 11.1. The molecule has 1 aromatic rings. The molecule has 2 aliphatic rings. The van der Waals surface area contributed by atoms with E-state index in [0.29, 0.717) is 0 Å². The van der Waals surface area contributed by atoms with Gasteiger partial charge in [-0.2, -0.15) is 0 Å². The van der Waals surface area contributed by atoms with Gasteiger partial charge >= 0.3 is 0 Å². The Labute approximate surface area is 145 Å². The SMILES string of the molecule is CN(C)C1=NC=NN=C(N2CCN(c3cccc(Cl)c3)CC2)S1. The lowest BCUT2D eigenvalue weighted by atomic mass is 10.2. The van der Waals surface area contributed by atoms with Crippen LogP contribution in [0.1, 0.15) is 0 Å². The molecule has 0 saturated carbocycles. The number of aliphatic imine (C=N–C) groups is 1. The van der Waals surface area contributed by atoms with E-state index in [0.717, 1.165) is 41.5 Å². The lowest BCUT2D eigenvalue weighted by molar-refractivity contribution is 0.391. The molecule has 0 N–H and O–H groups in total. The zero-order chi connectivity index (χ0) is 16.2. The molecule has 1 aromatic carbocycles. The number of hydrogen-bond acceptors (Lipinski definition) is 7. The first-order valence-electron chi connectivity index (χ1n) is 7.41.